The minimum absolute atomic E-state index is 0.108. The topological polar surface area (TPSA) is 29.1 Å². The second-order valence-electron chi connectivity index (χ2n) is 5.33. The first kappa shape index (κ1) is 13.3. The summed E-state index contributed by atoms with van der Waals surface area (Å²) in [4.78, 5) is 12.5. The van der Waals surface area contributed by atoms with Crippen LogP contribution < -0.4 is 5.32 Å². The van der Waals surface area contributed by atoms with Gasteiger partial charge in [0.1, 0.15) is 5.78 Å². The van der Waals surface area contributed by atoms with Gasteiger partial charge in [-0.3, -0.25) is 4.79 Å². The molecule has 2 heteroatoms. The van der Waals surface area contributed by atoms with Crippen molar-refractivity contribution in [2.24, 2.45) is 5.41 Å². The Morgan fingerprint density at radius 2 is 1.89 bits per heavy atom. The summed E-state index contributed by atoms with van der Waals surface area (Å²) in [6.45, 7) is 6.12. The summed E-state index contributed by atoms with van der Waals surface area (Å²) >= 11 is 0. The number of nitrogens with one attached hydrogen (secondary N) is 1. The molecule has 1 N–H and O–H groups in total. The van der Waals surface area contributed by atoms with Crippen LogP contribution in [-0.2, 0) is 17.6 Å². The van der Waals surface area contributed by atoms with E-state index in [1.165, 1.54) is 5.56 Å². The molecular weight excluding hydrogens is 222 g/mol. The Bertz CT molecular complexity index is 402. The minimum Gasteiger partial charge on any atom is -0.316 e. The van der Waals surface area contributed by atoms with Crippen LogP contribution in [-0.4, -0.2) is 18.9 Å². The van der Waals surface area contributed by atoms with Gasteiger partial charge in [-0.25, -0.2) is 0 Å². The Morgan fingerprint density at radius 3 is 2.39 bits per heavy atom. The van der Waals surface area contributed by atoms with Gasteiger partial charge < -0.3 is 5.32 Å². The van der Waals surface area contributed by atoms with Gasteiger partial charge in [-0.15, -0.1) is 0 Å². The van der Waals surface area contributed by atoms with Crippen molar-refractivity contribution in [3.05, 3.63) is 35.4 Å². The molecule has 1 heterocycles. The average molecular weight is 245 g/mol. The van der Waals surface area contributed by atoms with E-state index in [9.17, 15) is 4.79 Å². The molecule has 1 aromatic carbocycles. The van der Waals surface area contributed by atoms with E-state index in [0.717, 1.165) is 37.9 Å². The standard InChI is InChI=1S/C16H23NO/c1-3-13-5-7-14(8-6-13)11-15(18)16(4-2)9-10-17-12-16/h5-8,17H,3-4,9-12H2,1-2H3. The SMILES string of the molecule is CCc1ccc(CC(=O)C2(CC)CCNC2)cc1. The minimum atomic E-state index is -0.108. The lowest BCUT2D eigenvalue weighted by molar-refractivity contribution is -0.127. The summed E-state index contributed by atoms with van der Waals surface area (Å²) in [6.07, 6.45) is 3.58. The lowest BCUT2D eigenvalue weighted by atomic mass is 9.78. The van der Waals surface area contributed by atoms with E-state index < -0.39 is 0 Å². The number of Topliss-reactive ketones (excluding diaryl/α,β-unsaturated/α-hetero) is 1. The molecule has 2 rings (SSSR count). The van der Waals surface area contributed by atoms with Crippen LogP contribution in [0.3, 0.4) is 0 Å². The van der Waals surface area contributed by atoms with Gasteiger partial charge >= 0.3 is 0 Å². The number of carbonyl (C=O) groups is 1. The van der Waals surface area contributed by atoms with Gasteiger partial charge in [0.05, 0.1) is 0 Å². The van der Waals surface area contributed by atoms with E-state index in [2.05, 4.69) is 43.4 Å². The third kappa shape index (κ3) is 2.64. The molecule has 0 spiro atoms. The summed E-state index contributed by atoms with van der Waals surface area (Å²) in [5.74, 6) is 0.402. The molecule has 1 atom stereocenters. The molecule has 0 aliphatic carbocycles. The van der Waals surface area contributed by atoms with Crippen molar-refractivity contribution < 1.29 is 4.79 Å². The molecule has 1 fully saturated rings. The third-order valence-electron chi connectivity index (χ3n) is 4.31. The van der Waals surface area contributed by atoms with Gasteiger partial charge in [-0.1, -0.05) is 38.1 Å². The van der Waals surface area contributed by atoms with Gasteiger partial charge in [0.25, 0.3) is 0 Å². The first-order valence-corrected chi connectivity index (χ1v) is 7.02. The predicted octanol–water partition coefficient (Wildman–Crippen LogP) is 2.75. The second kappa shape index (κ2) is 5.66. The predicted molar refractivity (Wildman–Crippen MR) is 74.7 cm³/mol. The maximum Gasteiger partial charge on any atom is 0.144 e. The summed E-state index contributed by atoms with van der Waals surface area (Å²) in [6, 6.07) is 8.47. The van der Waals surface area contributed by atoms with Gasteiger partial charge in [0.2, 0.25) is 0 Å². The van der Waals surface area contributed by atoms with Crippen LogP contribution in [0.25, 0.3) is 0 Å². The van der Waals surface area contributed by atoms with Crippen LogP contribution in [0, 0.1) is 5.41 Å². The van der Waals surface area contributed by atoms with E-state index >= 15 is 0 Å². The van der Waals surface area contributed by atoms with Crippen LogP contribution in [0.5, 0.6) is 0 Å². The second-order valence-corrected chi connectivity index (χ2v) is 5.33. The zero-order chi connectivity index (χ0) is 13.0. The Hall–Kier alpha value is -1.15. The summed E-state index contributed by atoms with van der Waals surface area (Å²) < 4.78 is 0. The van der Waals surface area contributed by atoms with Crippen molar-refractivity contribution in [3.8, 4) is 0 Å². The van der Waals surface area contributed by atoms with Crippen molar-refractivity contribution in [2.75, 3.05) is 13.1 Å². The molecule has 0 amide bonds. The molecular formula is C16H23NO. The molecule has 1 aliphatic heterocycles. The molecule has 1 aliphatic rings. The van der Waals surface area contributed by atoms with Crippen molar-refractivity contribution in [1.29, 1.82) is 0 Å². The Balaban J connectivity index is 2.05. The van der Waals surface area contributed by atoms with Crippen molar-refractivity contribution in [1.82, 2.24) is 5.32 Å². The summed E-state index contributed by atoms with van der Waals surface area (Å²) in [7, 11) is 0. The molecule has 0 radical (unpaired) electrons. The number of aryl methyl sites for hydroxylation is 1. The molecule has 0 bridgehead atoms. The molecule has 1 unspecified atom stereocenters. The molecule has 18 heavy (non-hydrogen) atoms. The van der Waals surface area contributed by atoms with Crippen molar-refractivity contribution >= 4 is 5.78 Å². The number of benzene rings is 1. The largest absolute Gasteiger partial charge is 0.316 e. The monoisotopic (exact) mass is 245 g/mol. The van der Waals surface area contributed by atoms with Gasteiger partial charge in [0.15, 0.2) is 0 Å². The maximum atomic E-state index is 12.5. The lowest BCUT2D eigenvalue weighted by Crippen LogP contribution is -2.34. The van der Waals surface area contributed by atoms with Crippen molar-refractivity contribution in [3.63, 3.8) is 0 Å². The van der Waals surface area contributed by atoms with Crippen LogP contribution in [0.15, 0.2) is 24.3 Å². The Kier molecular flexibility index (Phi) is 4.18. The van der Waals surface area contributed by atoms with E-state index in [1.807, 2.05) is 0 Å². The van der Waals surface area contributed by atoms with E-state index in [-0.39, 0.29) is 5.41 Å². The zero-order valence-electron chi connectivity index (χ0n) is 11.5. The molecule has 0 aromatic heterocycles. The molecule has 2 nitrogen and oxygen atoms in total. The molecule has 0 saturated carbocycles. The normalized spacial score (nSPS) is 23.2. The summed E-state index contributed by atoms with van der Waals surface area (Å²) in [5.41, 5.74) is 2.37. The van der Waals surface area contributed by atoms with Gasteiger partial charge in [-0.05, 0) is 36.9 Å². The fraction of sp³-hybridized carbons (Fsp3) is 0.562. The highest BCUT2D eigenvalue weighted by molar-refractivity contribution is 5.87. The Labute approximate surface area is 110 Å². The van der Waals surface area contributed by atoms with E-state index in [0.29, 0.717) is 12.2 Å². The average Bonchev–Trinajstić information content (AvgIpc) is 2.89. The number of hydrogen-bond donors (Lipinski definition) is 1. The maximum absolute atomic E-state index is 12.5. The lowest BCUT2D eigenvalue weighted by Gasteiger charge is -2.24. The van der Waals surface area contributed by atoms with Gasteiger partial charge in [-0.2, -0.15) is 0 Å². The Morgan fingerprint density at radius 1 is 1.22 bits per heavy atom. The number of hydrogen-bond acceptors (Lipinski definition) is 2. The van der Waals surface area contributed by atoms with Gasteiger partial charge in [0, 0.05) is 18.4 Å². The highest BCUT2D eigenvalue weighted by Crippen LogP contribution is 2.31. The molecule has 1 aromatic rings. The number of rotatable bonds is 5. The fourth-order valence-electron chi connectivity index (χ4n) is 2.75. The van der Waals surface area contributed by atoms with E-state index in [4.69, 9.17) is 0 Å². The van der Waals surface area contributed by atoms with Crippen LogP contribution in [0.1, 0.15) is 37.8 Å². The van der Waals surface area contributed by atoms with Crippen molar-refractivity contribution in [2.45, 2.75) is 39.5 Å². The smallest absolute Gasteiger partial charge is 0.144 e. The quantitative estimate of drug-likeness (QED) is 0.864. The van der Waals surface area contributed by atoms with Crippen LogP contribution in [0.4, 0.5) is 0 Å². The highest BCUT2D eigenvalue weighted by Gasteiger charge is 2.38. The first-order chi connectivity index (χ1) is 8.70. The van der Waals surface area contributed by atoms with Crippen LogP contribution >= 0.6 is 0 Å². The number of carbonyl (C=O) groups excluding carboxylic acids is 1. The third-order valence-corrected chi connectivity index (χ3v) is 4.31. The molecule has 98 valence electrons. The fourth-order valence-corrected chi connectivity index (χ4v) is 2.75. The summed E-state index contributed by atoms with van der Waals surface area (Å²) in [5, 5.41) is 3.33. The zero-order valence-corrected chi connectivity index (χ0v) is 11.5. The highest BCUT2D eigenvalue weighted by atomic mass is 16.1. The number of ketones is 1. The first-order valence-electron chi connectivity index (χ1n) is 7.02. The molecule has 1 saturated heterocycles. The van der Waals surface area contributed by atoms with E-state index in [1.54, 1.807) is 0 Å². The van der Waals surface area contributed by atoms with Crippen LogP contribution in [0.2, 0.25) is 0 Å².